The number of aryl methyl sites for hydroxylation is 1. The van der Waals surface area contributed by atoms with Crippen molar-refractivity contribution in [3.05, 3.63) is 81.2 Å². The molecule has 1 aliphatic heterocycles. The zero-order valence-corrected chi connectivity index (χ0v) is 22.5. The third-order valence-electron chi connectivity index (χ3n) is 6.90. The molecule has 1 N–H and O–H groups in total. The van der Waals surface area contributed by atoms with Crippen LogP contribution in [-0.2, 0) is 13.0 Å². The van der Waals surface area contributed by atoms with Gasteiger partial charge in [-0.3, -0.25) is 4.90 Å². The normalized spacial score (nSPS) is 16.4. The fourth-order valence-electron chi connectivity index (χ4n) is 5.16. The van der Waals surface area contributed by atoms with E-state index in [1.807, 2.05) is 0 Å². The van der Waals surface area contributed by atoms with E-state index >= 15 is 0 Å². The number of rotatable bonds is 8. The third-order valence-corrected chi connectivity index (χ3v) is 7.89. The quantitative estimate of drug-likeness (QED) is 0.278. The van der Waals surface area contributed by atoms with Crippen LogP contribution < -0.4 is 0 Å². The van der Waals surface area contributed by atoms with Crippen molar-refractivity contribution in [2.45, 2.75) is 25.5 Å². The van der Waals surface area contributed by atoms with E-state index in [1.165, 1.54) is 33.8 Å². The van der Waals surface area contributed by atoms with E-state index in [1.54, 1.807) is 0 Å². The van der Waals surface area contributed by atoms with Crippen molar-refractivity contribution >= 4 is 53.7 Å². The molecule has 0 saturated carbocycles. The summed E-state index contributed by atoms with van der Waals surface area (Å²) < 4.78 is 4.41. The molecule has 1 saturated heterocycles. The average molecular weight is 585 g/mol. The first-order valence-electron chi connectivity index (χ1n) is 12.1. The predicted molar refractivity (Wildman–Crippen MR) is 148 cm³/mol. The van der Waals surface area contributed by atoms with Crippen LogP contribution in [0.2, 0.25) is 0 Å². The highest BCUT2D eigenvalue weighted by molar-refractivity contribution is 9.10. The highest BCUT2D eigenvalue weighted by Crippen LogP contribution is 2.33. The maximum atomic E-state index is 11.0. The van der Waals surface area contributed by atoms with Crippen LogP contribution in [0.4, 0.5) is 0 Å². The summed E-state index contributed by atoms with van der Waals surface area (Å²) in [6.07, 6.45) is 1.94. The molecule has 6 heteroatoms. The van der Waals surface area contributed by atoms with Crippen LogP contribution in [0.5, 0.6) is 0 Å². The summed E-state index contributed by atoms with van der Waals surface area (Å²) in [6.45, 7) is 6.67. The van der Waals surface area contributed by atoms with Crippen molar-refractivity contribution in [2.24, 2.45) is 0 Å². The molecule has 0 radical (unpaired) electrons. The lowest BCUT2D eigenvalue weighted by Crippen LogP contribution is -2.49. The first-order valence-corrected chi connectivity index (χ1v) is 13.7. The van der Waals surface area contributed by atoms with Crippen LogP contribution in [0.3, 0.4) is 0 Å². The molecule has 34 heavy (non-hydrogen) atoms. The first kappa shape index (κ1) is 24.0. The maximum absolute atomic E-state index is 11.0. The lowest BCUT2D eigenvalue weighted by molar-refractivity contribution is 0.0653. The first-order chi connectivity index (χ1) is 16.6. The molecule has 4 nitrogen and oxygen atoms in total. The number of benzene rings is 3. The Morgan fingerprint density at radius 2 is 1.32 bits per heavy atom. The Kier molecular flexibility index (Phi) is 7.71. The summed E-state index contributed by atoms with van der Waals surface area (Å²) in [5.41, 5.74) is 3.76. The molecule has 3 aromatic carbocycles. The summed E-state index contributed by atoms with van der Waals surface area (Å²) in [5.74, 6) is 0. The van der Waals surface area contributed by atoms with Crippen LogP contribution in [-0.4, -0.2) is 64.8 Å². The Balaban J connectivity index is 1.17. The van der Waals surface area contributed by atoms with E-state index in [0.29, 0.717) is 13.1 Å². The summed E-state index contributed by atoms with van der Waals surface area (Å²) >= 11 is 7.23. The van der Waals surface area contributed by atoms with E-state index in [2.05, 4.69) is 113 Å². The Bertz CT molecular complexity index is 1190. The molecule has 1 atom stereocenters. The van der Waals surface area contributed by atoms with Gasteiger partial charge in [0, 0.05) is 63.5 Å². The van der Waals surface area contributed by atoms with E-state index in [-0.39, 0.29) is 0 Å². The summed E-state index contributed by atoms with van der Waals surface area (Å²) in [5, 5.41) is 13.5. The number of aliphatic hydroxyl groups excluding tert-OH is 1. The number of fused-ring (bicyclic) bond motifs is 3. The molecule has 4 aromatic rings. The second-order valence-electron chi connectivity index (χ2n) is 9.32. The molecular formula is C28H31Br2N3O. The van der Waals surface area contributed by atoms with E-state index in [9.17, 15) is 5.11 Å². The smallest absolute Gasteiger partial charge is 0.0845 e. The van der Waals surface area contributed by atoms with Crippen LogP contribution in [0.1, 0.15) is 12.0 Å². The number of β-amino-alcohol motifs (C(OH)–C–C–N with tert-alkyl or cyclic N) is 1. The van der Waals surface area contributed by atoms with Gasteiger partial charge < -0.3 is 14.6 Å². The lowest BCUT2D eigenvalue weighted by atomic mass is 10.1. The second-order valence-corrected chi connectivity index (χ2v) is 11.2. The molecule has 2 heterocycles. The third kappa shape index (κ3) is 5.58. The van der Waals surface area contributed by atoms with Crippen LogP contribution in [0.15, 0.2) is 75.7 Å². The number of hydrogen-bond acceptors (Lipinski definition) is 3. The van der Waals surface area contributed by atoms with Crippen molar-refractivity contribution in [2.75, 3.05) is 39.3 Å². The van der Waals surface area contributed by atoms with Gasteiger partial charge in [-0.05, 0) is 61.3 Å². The number of aliphatic hydroxyl groups is 1. The minimum Gasteiger partial charge on any atom is -0.390 e. The van der Waals surface area contributed by atoms with E-state index < -0.39 is 6.10 Å². The zero-order valence-electron chi connectivity index (χ0n) is 19.3. The van der Waals surface area contributed by atoms with Gasteiger partial charge in [-0.25, -0.2) is 0 Å². The minimum absolute atomic E-state index is 0.407. The standard InChI is InChI=1S/C28H31Br2N3O/c29-22-8-10-27-25(17-22)26-18-23(30)9-11-28(26)33(27)20-24(34)19-32-15-13-31(14-16-32)12-4-7-21-5-2-1-3-6-21/h1-3,5-6,8-11,17-18,24,34H,4,7,12-16,19-20H2. The molecule has 1 aromatic heterocycles. The number of nitrogens with zero attached hydrogens (tertiary/aromatic N) is 3. The van der Waals surface area contributed by atoms with Gasteiger partial charge in [-0.2, -0.15) is 0 Å². The van der Waals surface area contributed by atoms with Gasteiger partial charge in [-0.1, -0.05) is 62.2 Å². The van der Waals surface area contributed by atoms with Crippen LogP contribution in [0.25, 0.3) is 21.8 Å². The lowest BCUT2D eigenvalue weighted by Gasteiger charge is -2.35. The Hall–Kier alpha value is -1.70. The van der Waals surface area contributed by atoms with Crippen LogP contribution >= 0.6 is 31.9 Å². The van der Waals surface area contributed by atoms with Crippen molar-refractivity contribution in [3.8, 4) is 0 Å². The Labute approximate surface area is 218 Å². The fraction of sp³-hybridized carbons (Fsp3) is 0.357. The molecule has 5 rings (SSSR count). The molecular weight excluding hydrogens is 554 g/mol. The van der Waals surface area contributed by atoms with Gasteiger partial charge in [0.25, 0.3) is 0 Å². The topological polar surface area (TPSA) is 31.6 Å². The maximum Gasteiger partial charge on any atom is 0.0845 e. The Morgan fingerprint density at radius 3 is 1.94 bits per heavy atom. The van der Waals surface area contributed by atoms with Crippen molar-refractivity contribution in [1.29, 1.82) is 0 Å². The highest BCUT2D eigenvalue weighted by Gasteiger charge is 2.20. The average Bonchev–Trinajstić information content (AvgIpc) is 3.12. The van der Waals surface area contributed by atoms with Crippen molar-refractivity contribution in [1.82, 2.24) is 14.4 Å². The molecule has 1 unspecified atom stereocenters. The number of halogens is 2. The molecule has 0 amide bonds. The van der Waals surface area contributed by atoms with Crippen molar-refractivity contribution < 1.29 is 5.11 Å². The number of aromatic nitrogens is 1. The van der Waals surface area contributed by atoms with Gasteiger partial charge >= 0.3 is 0 Å². The molecule has 0 aliphatic carbocycles. The minimum atomic E-state index is -0.407. The van der Waals surface area contributed by atoms with Gasteiger partial charge in [0.1, 0.15) is 0 Å². The highest BCUT2D eigenvalue weighted by atomic mass is 79.9. The van der Waals surface area contributed by atoms with Gasteiger partial charge in [0.05, 0.1) is 12.6 Å². The summed E-state index contributed by atoms with van der Waals surface area (Å²) in [6, 6.07) is 23.6. The van der Waals surface area contributed by atoms with E-state index in [0.717, 1.165) is 48.1 Å². The molecule has 1 fully saturated rings. The molecule has 0 spiro atoms. The molecule has 178 valence electrons. The largest absolute Gasteiger partial charge is 0.390 e. The van der Waals surface area contributed by atoms with Gasteiger partial charge in [0.15, 0.2) is 0 Å². The monoisotopic (exact) mass is 583 g/mol. The zero-order chi connectivity index (χ0) is 23.5. The SMILES string of the molecule is OC(CN1CCN(CCCc2ccccc2)CC1)Cn1c2ccc(Br)cc2c2cc(Br)ccc21. The number of hydrogen-bond donors (Lipinski definition) is 1. The van der Waals surface area contributed by atoms with Crippen LogP contribution in [0, 0.1) is 0 Å². The summed E-state index contributed by atoms with van der Waals surface area (Å²) in [7, 11) is 0. The molecule has 1 aliphatic rings. The van der Waals surface area contributed by atoms with Gasteiger partial charge in [-0.15, -0.1) is 0 Å². The van der Waals surface area contributed by atoms with Crippen molar-refractivity contribution in [3.63, 3.8) is 0 Å². The van der Waals surface area contributed by atoms with Gasteiger partial charge in [0.2, 0.25) is 0 Å². The number of piperazine rings is 1. The fourth-order valence-corrected chi connectivity index (χ4v) is 5.88. The second kappa shape index (κ2) is 10.9. The molecule has 0 bridgehead atoms. The Morgan fingerprint density at radius 1 is 0.735 bits per heavy atom. The predicted octanol–water partition coefficient (Wildman–Crippen LogP) is 5.93. The van der Waals surface area contributed by atoms with E-state index in [4.69, 9.17) is 0 Å². The summed E-state index contributed by atoms with van der Waals surface area (Å²) in [4.78, 5) is 4.98.